The van der Waals surface area contributed by atoms with Gasteiger partial charge in [-0.1, -0.05) is 36.1 Å². The van der Waals surface area contributed by atoms with Crippen molar-refractivity contribution in [1.82, 2.24) is 14.9 Å². The average molecular weight is 373 g/mol. The predicted octanol–water partition coefficient (Wildman–Crippen LogP) is 4.25. The van der Waals surface area contributed by atoms with Gasteiger partial charge in [-0.2, -0.15) is 5.26 Å². The molecule has 1 saturated heterocycles. The average Bonchev–Trinajstić information content (AvgIpc) is 3.04. The van der Waals surface area contributed by atoms with E-state index in [1.54, 1.807) is 0 Å². The van der Waals surface area contributed by atoms with Crippen LogP contribution < -0.4 is 0 Å². The molecule has 5 nitrogen and oxygen atoms in total. The van der Waals surface area contributed by atoms with Gasteiger partial charge in [-0.05, 0) is 38.3 Å². The molecule has 1 atom stereocenters. The van der Waals surface area contributed by atoms with Gasteiger partial charge in [0.1, 0.15) is 21.7 Å². The van der Waals surface area contributed by atoms with Gasteiger partial charge >= 0.3 is 0 Å². The van der Waals surface area contributed by atoms with Crippen molar-refractivity contribution in [2.45, 2.75) is 32.2 Å². The summed E-state index contributed by atoms with van der Waals surface area (Å²) in [6.45, 7) is 3.14. The Bertz CT molecular complexity index is 819. The van der Waals surface area contributed by atoms with Crippen LogP contribution in [0.5, 0.6) is 0 Å². The molecule has 2 aromatic rings. The molecule has 0 spiro atoms. The number of likely N-dealkylation sites (tertiary alicyclic amines) is 1. The number of imidazole rings is 1. The Balaban J connectivity index is 1.73. The number of thiocarbonyl (C=S) groups is 1. The van der Waals surface area contributed by atoms with Gasteiger partial charge in [0, 0.05) is 12.6 Å². The molecule has 1 aliphatic heterocycles. The number of nitriles is 1. The third-order valence-corrected chi connectivity index (χ3v) is 5.88. The van der Waals surface area contributed by atoms with E-state index in [1.807, 2.05) is 24.3 Å². The molecule has 1 unspecified atom stereocenters. The molecule has 2 heterocycles. The van der Waals surface area contributed by atoms with E-state index in [9.17, 15) is 10.4 Å². The first kappa shape index (κ1) is 17.8. The summed E-state index contributed by atoms with van der Waals surface area (Å²) in [6.07, 6.45) is 3.53. The highest BCUT2D eigenvalue weighted by Gasteiger charge is 2.21. The summed E-state index contributed by atoms with van der Waals surface area (Å²) in [5.41, 5.74) is 1.77. The number of benzene rings is 1. The van der Waals surface area contributed by atoms with Crippen LogP contribution in [0.4, 0.5) is 0 Å². The molecule has 0 saturated carbocycles. The first-order valence-electron chi connectivity index (χ1n) is 8.31. The molecule has 0 aliphatic carbocycles. The number of aromatic amines is 1. The predicted molar refractivity (Wildman–Crippen MR) is 106 cm³/mol. The topological polar surface area (TPSA) is 75.9 Å². The normalized spacial score (nSPS) is 18.7. The maximum atomic E-state index is 10.4. The Morgan fingerprint density at radius 3 is 3.00 bits per heavy atom. The van der Waals surface area contributed by atoms with E-state index in [0.29, 0.717) is 11.9 Å². The van der Waals surface area contributed by atoms with Crippen molar-refractivity contribution in [3.8, 4) is 6.07 Å². The number of H-pyrrole nitrogens is 1. The number of allylic oxidation sites excluding steroid dienone is 1. The molecule has 25 heavy (non-hydrogen) atoms. The number of hydrogen-bond donors (Lipinski definition) is 2. The summed E-state index contributed by atoms with van der Waals surface area (Å²) in [6, 6.07) is 10.0. The highest BCUT2D eigenvalue weighted by molar-refractivity contribution is 8.23. The maximum Gasteiger partial charge on any atom is 0.152 e. The number of fused-ring (bicyclic) bond motifs is 1. The molecule has 1 aliphatic rings. The molecule has 0 bridgehead atoms. The number of para-hydroxylation sites is 2. The fourth-order valence-electron chi connectivity index (χ4n) is 2.98. The third kappa shape index (κ3) is 3.97. The van der Waals surface area contributed by atoms with Gasteiger partial charge in [-0.15, -0.1) is 0 Å². The molecule has 7 heteroatoms. The largest absolute Gasteiger partial charge is 0.510 e. The Morgan fingerprint density at radius 2 is 2.28 bits per heavy atom. The number of thioether (sulfide) groups is 1. The standard InChI is InChI=1S/C18H20N4OS2/c1-12-6-4-5-9-22(12)18(24)25-11-16(23)13(10-19)17-20-14-7-2-3-8-15(14)21-17/h2-3,7-8,12,23H,4-6,9,11H2,1H3,(H,20,21)/b16-13+. The number of nitrogens with zero attached hydrogens (tertiary/aromatic N) is 3. The summed E-state index contributed by atoms with van der Waals surface area (Å²) < 4.78 is 0.778. The van der Waals surface area contributed by atoms with Crippen molar-refractivity contribution in [2.24, 2.45) is 0 Å². The summed E-state index contributed by atoms with van der Waals surface area (Å²) in [5, 5.41) is 19.8. The van der Waals surface area contributed by atoms with Gasteiger partial charge in [0.2, 0.25) is 0 Å². The van der Waals surface area contributed by atoms with E-state index < -0.39 is 0 Å². The van der Waals surface area contributed by atoms with Crippen LogP contribution in [0.15, 0.2) is 30.0 Å². The fourth-order valence-corrected chi connectivity index (χ4v) is 4.27. The van der Waals surface area contributed by atoms with Gasteiger partial charge < -0.3 is 15.0 Å². The molecule has 1 fully saturated rings. The van der Waals surface area contributed by atoms with Crippen LogP contribution in [0.25, 0.3) is 16.6 Å². The van der Waals surface area contributed by atoms with E-state index in [-0.39, 0.29) is 17.1 Å². The molecule has 130 valence electrons. The van der Waals surface area contributed by atoms with Crippen LogP contribution in [0, 0.1) is 11.3 Å². The zero-order chi connectivity index (χ0) is 17.8. The van der Waals surface area contributed by atoms with Gasteiger partial charge in [-0.25, -0.2) is 4.98 Å². The van der Waals surface area contributed by atoms with E-state index in [1.165, 1.54) is 18.2 Å². The van der Waals surface area contributed by atoms with E-state index in [2.05, 4.69) is 27.9 Å². The molecular formula is C18H20N4OS2. The van der Waals surface area contributed by atoms with Crippen LogP contribution in [-0.2, 0) is 0 Å². The van der Waals surface area contributed by atoms with Crippen molar-refractivity contribution in [1.29, 1.82) is 5.26 Å². The number of aromatic nitrogens is 2. The number of piperidine rings is 1. The third-order valence-electron chi connectivity index (χ3n) is 4.40. The molecule has 3 rings (SSSR count). The lowest BCUT2D eigenvalue weighted by Crippen LogP contribution is -2.39. The van der Waals surface area contributed by atoms with Crippen molar-refractivity contribution in [2.75, 3.05) is 12.3 Å². The van der Waals surface area contributed by atoms with Gasteiger partial charge in [0.05, 0.1) is 16.8 Å². The van der Waals surface area contributed by atoms with Gasteiger partial charge in [-0.3, -0.25) is 0 Å². The first-order chi connectivity index (χ1) is 12.1. The number of nitrogens with one attached hydrogen (secondary N) is 1. The zero-order valence-corrected chi connectivity index (χ0v) is 15.7. The number of aliphatic hydroxyl groups excluding tert-OH is 1. The summed E-state index contributed by atoms with van der Waals surface area (Å²) in [4.78, 5) is 9.68. The minimum atomic E-state index is -0.00133. The second kappa shape index (κ2) is 7.89. The van der Waals surface area contributed by atoms with E-state index in [0.717, 1.165) is 34.7 Å². The second-order valence-electron chi connectivity index (χ2n) is 6.13. The van der Waals surface area contributed by atoms with Crippen molar-refractivity contribution in [3.05, 3.63) is 35.8 Å². The minimum absolute atomic E-state index is 0.00133. The van der Waals surface area contributed by atoms with Crippen molar-refractivity contribution < 1.29 is 5.11 Å². The Kier molecular flexibility index (Phi) is 5.61. The molecule has 1 aromatic carbocycles. The molecule has 2 N–H and O–H groups in total. The van der Waals surface area contributed by atoms with Crippen LogP contribution in [0.2, 0.25) is 0 Å². The highest BCUT2D eigenvalue weighted by atomic mass is 32.2. The quantitative estimate of drug-likeness (QED) is 0.477. The number of aliphatic hydroxyl groups is 1. The van der Waals surface area contributed by atoms with E-state index in [4.69, 9.17) is 12.2 Å². The number of rotatable bonds is 3. The van der Waals surface area contributed by atoms with Crippen LogP contribution in [0.1, 0.15) is 32.0 Å². The van der Waals surface area contributed by atoms with Crippen molar-refractivity contribution >= 4 is 44.9 Å². The monoisotopic (exact) mass is 372 g/mol. The second-order valence-corrected chi connectivity index (χ2v) is 7.74. The van der Waals surface area contributed by atoms with Crippen LogP contribution in [0.3, 0.4) is 0 Å². The number of hydrogen-bond acceptors (Lipinski definition) is 5. The van der Waals surface area contributed by atoms with E-state index >= 15 is 0 Å². The summed E-state index contributed by atoms with van der Waals surface area (Å²) in [7, 11) is 0. The van der Waals surface area contributed by atoms with Crippen LogP contribution >= 0.6 is 24.0 Å². The smallest absolute Gasteiger partial charge is 0.152 e. The molecule has 1 aromatic heterocycles. The highest BCUT2D eigenvalue weighted by Crippen LogP contribution is 2.25. The Labute approximate surface area is 156 Å². The molecule has 0 radical (unpaired) electrons. The lowest BCUT2D eigenvalue weighted by Gasteiger charge is -2.35. The minimum Gasteiger partial charge on any atom is -0.510 e. The van der Waals surface area contributed by atoms with Crippen molar-refractivity contribution in [3.63, 3.8) is 0 Å². The zero-order valence-electron chi connectivity index (χ0n) is 14.0. The SMILES string of the molecule is CC1CCCCN1C(=S)SC/C(O)=C(/C#N)c1nc2ccccc2[nH]1. The summed E-state index contributed by atoms with van der Waals surface area (Å²) >= 11 is 6.91. The lowest BCUT2D eigenvalue weighted by molar-refractivity contribution is 0.267. The lowest BCUT2D eigenvalue weighted by atomic mass is 10.1. The van der Waals surface area contributed by atoms with Crippen LogP contribution in [-0.4, -0.2) is 42.6 Å². The first-order valence-corrected chi connectivity index (χ1v) is 9.70. The van der Waals surface area contributed by atoms with Gasteiger partial charge in [0.15, 0.2) is 5.82 Å². The Morgan fingerprint density at radius 1 is 1.48 bits per heavy atom. The molecular weight excluding hydrogens is 352 g/mol. The molecule has 0 amide bonds. The Hall–Kier alpha value is -2.04. The summed E-state index contributed by atoms with van der Waals surface area (Å²) in [5.74, 6) is 0.653. The van der Waals surface area contributed by atoms with Gasteiger partial charge in [0.25, 0.3) is 0 Å². The fraction of sp³-hybridized carbons (Fsp3) is 0.389. The maximum absolute atomic E-state index is 10.4.